The van der Waals surface area contributed by atoms with Gasteiger partial charge in [-0.15, -0.1) is 10.2 Å². The summed E-state index contributed by atoms with van der Waals surface area (Å²) >= 11 is 1.20. The van der Waals surface area contributed by atoms with Crippen molar-refractivity contribution in [2.24, 2.45) is 13.0 Å². The third-order valence-electron chi connectivity index (χ3n) is 5.14. The van der Waals surface area contributed by atoms with Gasteiger partial charge in [0.2, 0.25) is 5.91 Å². The quantitative estimate of drug-likeness (QED) is 0.398. The van der Waals surface area contributed by atoms with Crippen LogP contribution in [0.15, 0.2) is 53.7 Å². The lowest BCUT2D eigenvalue weighted by atomic mass is 10.0. The molecular weight excluding hydrogens is 454 g/mol. The number of nitrogens with one attached hydrogen (secondary N) is 2. The number of hydrogen-bond donors (Lipinski definition) is 3. The number of carbonyl (C=O) groups excluding carboxylic acids is 2. The van der Waals surface area contributed by atoms with Crippen LogP contribution in [0.5, 0.6) is 0 Å². The molecule has 0 spiro atoms. The van der Waals surface area contributed by atoms with E-state index in [2.05, 4.69) is 20.8 Å². The van der Waals surface area contributed by atoms with E-state index in [1.807, 2.05) is 32.9 Å². The summed E-state index contributed by atoms with van der Waals surface area (Å²) in [5.74, 6) is -0.853. The van der Waals surface area contributed by atoms with Crippen LogP contribution in [-0.2, 0) is 11.8 Å². The van der Waals surface area contributed by atoms with Crippen LogP contribution >= 0.6 is 11.8 Å². The standard InChI is InChI=1S/C24H27N5O4S/c1-14(2)20(26-22(31)16-10-8-15(3)9-11-16)21-27-28-24(29(21)4)34-13-19(30)25-18-7-5-6-17(12-18)23(32)33/h5-12,14,20H,13H2,1-4H3,(H,25,30)(H,26,31)(H,32,33)/t20-/m1/s1. The van der Waals surface area contributed by atoms with Gasteiger partial charge in [0, 0.05) is 18.3 Å². The molecule has 0 saturated carbocycles. The molecule has 0 radical (unpaired) electrons. The topological polar surface area (TPSA) is 126 Å². The number of rotatable bonds is 9. The fourth-order valence-electron chi connectivity index (χ4n) is 3.24. The molecule has 2 aromatic carbocycles. The highest BCUT2D eigenvalue weighted by atomic mass is 32.2. The minimum absolute atomic E-state index is 0.0555. The molecule has 178 valence electrons. The van der Waals surface area contributed by atoms with E-state index in [1.54, 1.807) is 35.9 Å². The predicted octanol–water partition coefficient (Wildman–Crippen LogP) is 3.68. The number of hydrogen-bond acceptors (Lipinski definition) is 6. The van der Waals surface area contributed by atoms with Crippen molar-refractivity contribution in [3.8, 4) is 0 Å². The van der Waals surface area contributed by atoms with Crippen LogP contribution in [0.1, 0.15) is 52.0 Å². The van der Waals surface area contributed by atoms with Gasteiger partial charge in [0.05, 0.1) is 17.4 Å². The van der Waals surface area contributed by atoms with E-state index in [0.717, 1.165) is 5.56 Å². The zero-order chi connectivity index (χ0) is 24.8. The van der Waals surface area contributed by atoms with Gasteiger partial charge >= 0.3 is 5.97 Å². The summed E-state index contributed by atoms with van der Waals surface area (Å²) in [5.41, 5.74) is 2.14. The van der Waals surface area contributed by atoms with E-state index >= 15 is 0 Å². The van der Waals surface area contributed by atoms with Crippen molar-refractivity contribution >= 4 is 35.2 Å². The van der Waals surface area contributed by atoms with Crippen LogP contribution < -0.4 is 10.6 Å². The van der Waals surface area contributed by atoms with Gasteiger partial charge in [-0.1, -0.05) is 49.4 Å². The van der Waals surface area contributed by atoms with E-state index < -0.39 is 5.97 Å². The van der Waals surface area contributed by atoms with Crippen LogP contribution in [-0.4, -0.2) is 43.4 Å². The van der Waals surface area contributed by atoms with Gasteiger partial charge in [-0.25, -0.2) is 4.79 Å². The van der Waals surface area contributed by atoms with Gasteiger partial charge in [0.1, 0.15) is 0 Å². The minimum Gasteiger partial charge on any atom is -0.478 e. The van der Waals surface area contributed by atoms with Crippen molar-refractivity contribution in [2.45, 2.75) is 32.0 Å². The fourth-order valence-corrected chi connectivity index (χ4v) is 3.96. The van der Waals surface area contributed by atoms with Gasteiger partial charge in [-0.05, 0) is 43.2 Å². The molecule has 3 N–H and O–H groups in total. The number of carboxylic acids is 1. The maximum atomic E-state index is 12.8. The van der Waals surface area contributed by atoms with E-state index in [-0.39, 0.29) is 35.1 Å². The Morgan fingerprint density at radius 2 is 1.76 bits per heavy atom. The zero-order valence-corrected chi connectivity index (χ0v) is 20.2. The number of carboxylic acid groups (broad SMARTS) is 1. The van der Waals surface area contributed by atoms with Crippen molar-refractivity contribution < 1.29 is 19.5 Å². The number of amides is 2. The number of carbonyl (C=O) groups is 3. The van der Waals surface area contributed by atoms with Crippen molar-refractivity contribution in [3.05, 3.63) is 71.0 Å². The Morgan fingerprint density at radius 3 is 2.41 bits per heavy atom. The Balaban J connectivity index is 1.65. The summed E-state index contributed by atoms with van der Waals surface area (Å²) in [6, 6.07) is 13.0. The molecule has 1 aromatic heterocycles. The second-order valence-electron chi connectivity index (χ2n) is 8.18. The van der Waals surface area contributed by atoms with Crippen LogP contribution in [0, 0.1) is 12.8 Å². The Bertz CT molecular complexity index is 1190. The van der Waals surface area contributed by atoms with Crippen LogP contribution in [0.4, 0.5) is 5.69 Å². The molecule has 10 heteroatoms. The first-order valence-corrected chi connectivity index (χ1v) is 11.7. The lowest BCUT2D eigenvalue weighted by molar-refractivity contribution is -0.113. The third kappa shape index (κ3) is 6.22. The maximum Gasteiger partial charge on any atom is 0.335 e. The Kier molecular flexibility index (Phi) is 8.06. The molecule has 1 heterocycles. The number of aryl methyl sites for hydroxylation is 1. The third-order valence-corrected chi connectivity index (χ3v) is 6.16. The van der Waals surface area contributed by atoms with E-state index in [9.17, 15) is 14.4 Å². The maximum absolute atomic E-state index is 12.8. The summed E-state index contributed by atoms with van der Waals surface area (Å²) in [7, 11) is 1.79. The second kappa shape index (κ2) is 11.0. The SMILES string of the molecule is Cc1ccc(C(=O)N[C@@H](c2nnc(SCC(=O)Nc3cccc(C(=O)O)c3)n2C)C(C)C)cc1. The van der Waals surface area contributed by atoms with Crippen molar-refractivity contribution in [1.29, 1.82) is 0 Å². The lowest BCUT2D eigenvalue weighted by Gasteiger charge is -2.21. The normalized spacial score (nSPS) is 11.8. The molecule has 0 aliphatic heterocycles. The predicted molar refractivity (Wildman–Crippen MR) is 130 cm³/mol. The fraction of sp³-hybridized carbons (Fsp3) is 0.292. The Morgan fingerprint density at radius 1 is 1.06 bits per heavy atom. The van der Waals surface area contributed by atoms with Crippen molar-refractivity contribution in [1.82, 2.24) is 20.1 Å². The minimum atomic E-state index is -1.06. The molecule has 0 bridgehead atoms. The average molecular weight is 482 g/mol. The molecule has 34 heavy (non-hydrogen) atoms. The van der Waals surface area contributed by atoms with Gasteiger partial charge < -0.3 is 20.3 Å². The summed E-state index contributed by atoms with van der Waals surface area (Å²) in [6.45, 7) is 5.94. The number of anilines is 1. The Hall–Kier alpha value is -3.66. The molecule has 0 saturated heterocycles. The molecule has 0 aliphatic carbocycles. The summed E-state index contributed by atoms with van der Waals surface area (Å²) in [4.78, 5) is 36.2. The molecule has 3 rings (SSSR count). The van der Waals surface area contributed by atoms with Crippen LogP contribution in [0.3, 0.4) is 0 Å². The highest BCUT2D eigenvalue weighted by Gasteiger charge is 2.25. The average Bonchev–Trinajstić information content (AvgIpc) is 3.16. The molecule has 1 atom stereocenters. The number of aromatic carboxylic acids is 1. The second-order valence-corrected chi connectivity index (χ2v) is 9.13. The first kappa shape index (κ1) is 25.0. The molecule has 2 amide bonds. The van der Waals surface area contributed by atoms with Gasteiger partial charge in [0.25, 0.3) is 5.91 Å². The van der Waals surface area contributed by atoms with Gasteiger partial charge in [-0.3, -0.25) is 9.59 Å². The summed E-state index contributed by atoms with van der Waals surface area (Å²) in [6.07, 6.45) is 0. The van der Waals surface area contributed by atoms with Crippen molar-refractivity contribution in [3.63, 3.8) is 0 Å². The molecule has 3 aromatic rings. The Labute approximate surface area is 202 Å². The number of nitrogens with zero attached hydrogens (tertiary/aromatic N) is 3. The first-order valence-electron chi connectivity index (χ1n) is 10.7. The highest BCUT2D eigenvalue weighted by molar-refractivity contribution is 7.99. The number of thioether (sulfide) groups is 1. The first-order chi connectivity index (χ1) is 16.2. The van der Waals surface area contributed by atoms with Crippen LogP contribution in [0.25, 0.3) is 0 Å². The highest BCUT2D eigenvalue weighted by Crippen LogP contribution is 2.24. The van der Waals surface area contributed by atoms with Gasteiger partial charge in [-0.2, -0.15) is 0 Å². The monoisotopic (exact) mass is 481 g/mol. The van der Waals surface area contributed by atoms with E-state index in [1.165, 1.54) is 23.9 Å². The molecular formula is C24H27N5O4S. The number of benzene rings is 2. The van der Waals surface area contributed by atoms with E-state index in [0.29, 0.717) is 22.2 Å². The smallest absolute Gasteiger partial charge is 0.335 e. The van der Waals surface area contributed by atoms with E-state index in [4.69, 9.17) is 5.11 Å². The lowest BCUT2D eigenvalue weighted by Crippen LogP contribution is -2.33. The number of aromatic nitrogens is 3. The largest absolute Gasteiger partial charge is 0.478 e. The molecule has 9 nitrogen and oxygen atoms in total. The van der Waals surface area contributed by atoms with Crippen LogP contribution in [0.2, 0.25) is 0 Å². The molecule has 0 aliphatic rings. The summed E-state index contributed by atoms with van der Waals surface area (Å²) in [5, 5.41) is 23.8. The molecule has 0 fully saturated rings. The molecule has 0 unspecified atom stereocenters. The zero-order valence-electron chi connectivity index (χ0n) is 19.4. The van der Waals surface area contributed by atoms with Crippen molar-refractivity contribution in [2.75, 3.05) is 11.1 Å². The van der Waals surface area contributed by atoms with Gasteiger partial charge in [0.15, 0.2) is 11.0 Å². The summed E-state index contributed by atoms with van der Waals surface area (Å²) < 4.78 is 1.77.